The highest BCUT2D eigenvalue weighted by Gasteiger charge is 2.27. The second-order valence-corrected chi connectivity index (χ2v) is 8.27. The molecule has 1 aliphatic carbocycles. The van der Waals surface area contributed by atoms with Crippen LogP contribution in [0.3, 0.4) is 0 Å². The fourth-order valence-electron chi connectivity index (χ4n) is 3.63. The molecule has 0 bridgehead atoms. The lowest BCUT2D eigenvalue weighted by Gasteiger charge is -2.19. The van der Waals surface area contributed by atoms with Crippen LogP contribution in [0.5, 0.6) is 5.75 Å². The molecule has 4 rings (SSSR count). The lowest BCUT2D eigenvalue weighted by molar-refractivity contribution is 0.223. The summed E-state index contributed by atoms with van der Waals surface area (Å²) in [5, 5.41) is 8.49. The van der Waals surface area contributed by atoms with Gasteiger partial charge in [-0.2, -0.15) is 5.10 Å². The van der Waals surface area contributed by atoms with E-state index in [9.17, 15) is 4.79 Å². The molecule has 0 unspecified atom stereocenters. The van der Waals surface area contributed by atoms with Gasteiger partial charge in [0.15, 0.2) is 0 Å². The van der Waals surface area contributed by atoms with Crippen LogP contribution in [0.1, 0.15) is 46.7 Å². The normalized spacial score (nSPS) is 13.2. The van der Waals surface area contributed by atoms with E-state index in [0.717, 1.165) is 57.4 Å². The quantitative estimate of drug-likeness (QED) is 0.348. The Balaban J connectivity index is 1.56. The number of hydrogen-bond donors (Lipinski definition) is 2. The van der Waals surface area contributed by atoms with Gasteiger partial charge in [-0.25, -0.2) is 15.3 Å². The smallest absolute Gasteiger partial charge is 0.335 e. The van der Waals surface area contributed by atoms with Crippen molar-refractivity contribution >= 4 is 11.7 Å². The zero-order chi connectivity index (χ0) is 22.1. The highest BCUT2D eigenvalue weighted by molar-refractivity contribution is 5.89. The molecule has 2 amide bonds. The molecule has 3 N–H and O–H groups in total. The molecule has 0 radical (unpaired) electrons. The molecule has 7 nitrogen and oxygen atoms in total. The van der Waals surface area contributed by atoms with Gasteiger partial charge in [0, 0.05) is 24.5 Å². The Hall–Kier alpha value is -3.32. The summed E-state index contributed by atoms with van der Waals surface area (Å²) >= 11 is 0. The Labute approximate surface area is 182 Å². The van der Waals surface area contributed by atoms with Crippen molar-refractivity contribution in [2.24, 2.45) is 5.84 Å². The molecule has 31 heavy (non-hydrogen) atoms. The van der Waals surface area contributed by atoms with Crippen molar-refractivity contribution in [2.45, 2.75) is 46.1 Å². The van der Waals surface area contributed by atoms with Crippen LogP contribution >= 0.6 is 0 Å². The van der Waals surface area contributed by atoms with Gasteiger partial charge in [0.05, 0.1) is 11.4 Å². The number of nitrogens with two attached hydrogens (primary N) is 1. The molecule has 2 aromatic carbocycles. The second-order valence-electron chi connectivity index (χ2n) is 8.27. The molecule has 1 saturated carbocycles. The summed E-state index contributed by atoms with van der Waals surface area (Å²) in [6.45, 7) is 6.46. The Morgan fingerprint density at radius 3 is 2.61 bits per heavy atom. The molecule has 0 aliphatic heterocycles. The predicted molar refractivity (Wildman–Crippen MR) is 121 cm³/mol. The number of rotatable bonds is 6. The highest BCUT2D eigenvalue weighted by atomic mass is 16.5. The number of urea groups is 1. The number of nitrogens with one attached hydrogen (secondary N) is 1. The number of carbonyl (C=O) groups excluding carboxylic acids is 1. The first kappa shape index (κ1) is 20.9. The Bertz CT molecular complexity index is 1100. The van der Waals surface area contributed by atoms with Crippen molar-refractivity contribution in [1.82, 2.24) is 14.8 Å². The van der Waals surface area contributed by atoms with Crippen LogP contribution in [-0.2, 0) is 6.61 Å². The van der Waals surface area contributed by atoms with Gasteiger partial charge < -0.3 is 10.1 Å². The highest BCUT2D eigenvalue weighted by Crippen LogP contribution is 2.43. The maximum Gasteiger partial charge on any atom is 0.335 e. The van der Waals surface area contributed by atoms with E-state index in [1.165, 1.54) is 12.6 Å². The summed E-state index contributed by atoms with van der Waals surface area (Å²) < 4.78 is 8.11. The molecule has 0 atom stereocenters. The zero-order valence-corrected chi connectivity index (χ0v) is 18.5. The molecule has 3 aromatic rings. The van der Waals surface area contributed by atoms with Crippen LogP contribution in [0.2, 0.25) is 0 Å². The van der Waals surface area contributed by atoms with Gasteiger partial charge >= 0.3 is 6.03 Å². The van der Waals surface area contributed by atoms with Crippen molar-refractivity contribution in [3.63, 3.8) is 0 Å². The molecular weight excluding hydrogens is 390 g/mol. The number of hydrazine groups is 1. The Morgan fingerprint density at radius 1 is 1.23 bits per heavy atom. The summed E-state index contributed by atoms with van der Waals surface area (Å²) in [4.78, 5) is 12.1. The van der Waals surface area contributed by atoms with Gasteiger partial charge in [0.2, 0.25) is 0 Å². The third-order valence-electron chi connectivity index (χ3n) is 5.73. The van der Waals surface area contributed by atoms with Crippen LogP contribution < -0.4 is 15.9 Å². The maximum absolute atomic E-state index is 12.1. The number of benzene rings is 2. The number of aryl methyl sites for hydroxylation is 3. The number of nitrogens with zero attached hydrogens (tertiary/aromatic N) is 3. The molecular formula is C24H29N5O2. The largest absolute Gasteiger partial charge is 0.489 e. The molecule has 7 heteroatoms. The van der Waals surface area contributed by atoms with Crippen LogP contribution in [0, 0.1) is 20.8 Å². The van der Waals surface area contributed by atoms with Gasteiger partial charge in [-0.15, -0.1) is 0 Å². The topological polar surface area (TPSA) is 85.4 Å². The van der Waals surface area contributed by atoms with E-state index in [0.29, 0.717) is 12.5 Å². The minimum absolute atomic E-state index is 0.362. The molecule has 1 aromatic heterocycles. The van der Waals surface area contributed by atoms with E-state index < -0.39 is 0 Å². The van der Waals surface area contributed by atoms with Crippen molar-refractivity contribution < 1.29 is 9.53 Å². The molecule has 1 fully saturated rings. The lowest BCUT2D eigenvalue weighted by atomic mass is 10.0. The number of carbonyl (C=O) groups is 1. The van der Waals surface area contributed by atoms with Crippen molar-refractivity contribution in [2.75, 3.05) is 12.4 Å². The molecule has 1 heterocycles. The van der Waals surface area contributed by atoms with Crippen molar-refractivity contribution in [3.8, 4) is 11.4 Å². The number of ether oxygens (including phenoxy) is 1. The van der Waals surface area contributed by atoms with Crippen LogP contribution in [-0.4, -0.2) is 27.9 Å². The summed E-state index contributed by atoms with van der Waals surface area (Å²) in [6.07, 6.45) is 4.36. The van der Waals surface area contributed by atoms with Crippen LogP contribution in [0.25, 0.3) is 5.69 Å². The van der Waals surface area contributed by atoms with Crippen LogP contribution in [0.4, 0.5) is 10.5 Å². The van der Waals surface area contributed by atoms with E-state index in [4.69, 9.17) is 10.6 Å². The van der Waals surface area contributed by atoms with E-state index in [1.54, 1.807) is 0 Å². The summed E-state index contributed by atoms with van der Waals surface area (Å²) in [5.41, 5.74) is 7.18. The van der Waals surface area contributed by atoms with E-state index >= 15 is 0 Å². The standard InChI is InChI=1S/C24H29N5O2/c1-15-12-19(29-13-16(2)17(3)27-29)10-11-23(15)31-14-21-20(18-8-9-18)6-5-7-22(21)26-24(30)28(4)25/h5-7,10-13,18H,8-9,14,25H2,1-4H3,(H,26,30). The number of aromatic nitrogens is 2. The maximum atomic E-state index is 12.1. The Kier molecular flexibility index (Phi) is 5.69. The van der Waals surface area contributed by atoms with Crippen molar-refractivity contribution in [3.05, 3.63) is 70.5 Å². The second kappa shape index (κ2) is 8.43. The minimum Gasteiger partial charge on any atom is -0.489 e. The SMILES string of the molecule is Cc1cc(-n2cc(C)c(C)n2)ccc1OCc1c(NC(=O)N(C)N)cccc1C1CC1. The zero-order valence-electron chi connectivity index (χ0n) is 18.5. The van der Waals surface area contributed by atoms with Crippen molar-refractivity contribution in [1.29, 1.82) is 0 Å². The first-order chi connectivity index (χ1) is 14.8. The van der Waals surface area contributed by atoms with Gasteiger partial charge in [0.1, 0.15) is 12.4 Å². The monoisotopic (exact) mass is 419 g/mol. The lowest BCUT2D eigenvalue weighted by Crippen LogP contribution is -2.37. The van der Waals surface area contributed by atoms with Gasteiger partial charge in [-0.1, -0.05) is 12.1 Å². The summed E-state index contributed by atoms with van der Waals surface area (Å²) in [7, 11) is 1.52. The van der Waals surface area contributed by atoms with Gasteiger partial charge in [-0.05, 0) is 80.5 Å². The van der Waals surface area contributed by atoms with Gasteiger partial charge in [0.25, 0.3) is 0 Å². The predicted octanol–water partition coefficient (Wildman–Crippen LogP) is 4.59. The summed E-state index contributed by atoms with van der Waals surface area (Å²) in [5.74, 6) is 6.92. The molecule has 0 saturated heterocycles. The number of anilines is 1. The number of amides is 2. The minimum atomic E-state index is -0.362. The molecule has 162 valence electrons. The first-order valence-corrected chi connectivity index (χ1v) is 10.5. The number of hydrogen-bond acceptors (Lipinski definition) is 4. The fourth-order valence-corrected chi connectivity index (χ4v) is 3.63. The average Bonchev–Trinajstić information content (AvgIpc) is 3.52. The fraction of sp³-hybridized carbons (Fsp3) is 0.333. The Morgan fingerprint density at radius 2 is 2.00 bits per heavy atom. The van der Waals surface area contributed by atoms with E-state index in [2.05, 4.69) is 29.5 Å². The third-order valence-corrected chi connectivity index (χ3v) is 5.73. The molecule has 1 aliphatic rings. The average molecular weight is 420 g/mol. The third kappa shape index (κ3) is 4.56. The van der Waals surface area contributed by atoms with E-state index in [1.807, 2.05) is 49.0 Å². The van der Waals surface area contributed by atoms with E-state index in [-0.39, 0.29) is 6.03 Å². The van der Waals surface area contributed by atoms with Crippen LogP contribution in [0.15, 0.2) is 42.6 Å². The van der Waals surface area contributed by atoms with Gasteiger partial charge in [-0.3, -0.25) is 5.01 Å². The first-order valence-electron chi connectivity index (χ1n) is 10.5. The molecule has 0 spiro atoms. The summed E-state index contributed by atoms with van der Waals surface area (Å²) in [6, 6.07) is 11.7.